The second-order valence-electron chi connectivity index (χ2n) is 6.45. The smallest absolute Gasteiger partial charge is 0.334 e. The van der Waals surface area contributed by atoms with Gasteiger partial charge in [-0.1, -0.05) is 12.1 Å². The van der Waals surface area contributed by atoms with E-state index in [1.807, 2.05) is 37.1 Å². The third-order valence-corrected chi connectivity index (χ3v) is 4.63. The normalized spacial score (nSPS) is 15.7. The molecule has 138 valence electrons. The van der Waals surface area contributed by atoms with Crippen molar-refractivity contribution in [1.82, 2.24) is 19.9 Å². The first-order valence-electron chi connectivity index (χ1n) is 8.48. The van der Waals surface area contributed by atoms with Crippen molar-refractivity contribution < 1.29 is 4.92 Å². The van der Waals surface area contributed by atoms with Gasteiger partial charge >= 0.3 is 5.69 Å². The van der Waals surface area contributed by atoms with Gasteiger partial charge in [0.2, 0.25) is 11.6 Å². The molecule has 0 atom stereocenters. The molecule has 3 rings (SSSR count). The Bertz CT molecular complexity index is 804. The Balaban J connectivity index is 1.89. The summed E-state index contributed by atoms with van der Waals surface area (Å²) in [7, 11) is 2.05. The van der Waals surface area contributed by atoms with Crippen molar-refractivity contribution in [3.63, 3.8) is 0 Å². The Morgan fingerprint density at radius 1 is 1.12 bits per heavy atom. The van der Waals surface area contributed by atoms with Crippen molar-refractivity contribution in [1.29, 1.82) is 0 Å². The Labute approximate surface area is 152 Å². The van der Waals surface area contributed by atoms with Gasteiger partial charge in [0.05, 0.1) is 4.92 Å². The van der Waals surface area contributed by atoms with Crippen LogP contribution in [0.2, 0.25) is 0 Å². The van der Waals surface area contributed by atoms with Crippen molar-refractivity contribution in [2.45, 2.75) is 13.8 Å². The van der Waals surface area contributed by atoms with E-state index in [1.165, 1.54) is 6.33 Å². The van der Waals surface area contributed by atoms with Gasteiger partial charge in [0.1, 0.15) is 6.33 Å². The number of nitrogens with one attached hydrogen (secondary N) is 2. The van der Waals surface area contributed by atoms with Crippen LogP contribution in [0.4, 0.5) is 23.0 Å². The van der Waals surface area contributed by atoms with Crippen LogP contribution in [-0.4, -0.2) is 58.0 Å². The molecule has 1 aliphatic rings. The molecule has 26 heavy (non-hydrogen) atoms. The van der Waals surface area contributed by atoms with Gasteiger partial charge in [-0.2, -0.15) is 0 Å². The predicted octanol–water partition coefficient (Wildman–Crippen LogP) is 2.32. The summed E-state index contributed by atoms with van der Waals surface area (Å²) < 4.78 is 0. The molecule has 1 aliphatic heterocycles. The molecule has 0 aliphatic carbocycles. The van der Waals surface area contributed by atoms with Crippen LogP contribution in [0.3, 0.4) is 0 Å². The van der Waals surface area contributed by atoms with Gasteiger partial charge in [0.25, 0.3) is 0 Å². The number of nitro groups is 1. The SMILES string of the molecule is Cc1cccc(Nc2ncnc(NN3CCN(C)CC3)c2[N+](=O)[O-])c1C. The summed E-state index contributed by atoms with van der Waals surface area (Å²) in [4.78, 5) is 21.7. The van der Waals surface area contributed by atoms with Crippen LogP contribution in [0.25, 0.3) is 0 Å². The molecular formula is C17H23N7O2. The van der Waals surface area contributed by atoms with E-state index in [0.29, 0.717) is 0 Å². The van der Waals surface area contributed by atoms with E-state index in [0.717, 1.165) is 43.0 Å². The standard InChI is InChI=1S/C17H23N7O2/c1-12-5-4-6-14(13(12)2)20-16-15(24(25)26)17(19-11-18-16)21-23-9-7-22(3)8-10-23/h4-6,11H,7-10H2,1-3H3,(H2,18,19,20,21). The molecule has 9 heteroatoms. The van der Waals surface area contributed by atoms with Crippen LogP contribution in [0.5, 0.6) is 0 Å². The van der Waals surface area contributed by atoms with Gasteiger partial charge in [-0.15, -0.1) is 0 Å². The second-order valence-corrected chi connectivity index (χ2v) is 6.45. The fourth-order valence-electron chi connectivity index (χ4n) is 2.81. The van der Waals surface area contributed by atoms with Crippen LogP contribution >= 0.6 is 0 Å². The summed E-state index contributed by atoms with van der Waals surface area (Å²) in [5, 5.41) is 16.7. The topological polar surface area (TPSA) is 99.5 Å². The summed E-state index contributed by atoms with van der Waals surface area (Å²) in [6.45, 7) is 7.26. The van der Waals surface area contributed by atoms with Crippen molar-refractivity contribution in [3.8, 4) is 0 Å². The zero-order valence-corrected chi connectivity index (χ0v) is 15.2. The highest BCUT2D eigenvalue weighted by Crippen LogP contribution is 2.32. The van der Waals surface area contributed by atoms with Gasteiger partial charge < -0.3 is 10.2 Å². The number of hydrogen-bond donors (Lipinski definition) is 2. The Morgan fingerprint density at radius 3 is 2.50 bits per heavy atom. The monoisotopic (exact) mass is 357 g/mol. The Kier molecular flexibility index (Phi) is 5.29. The fraction of sp³-hybridized carbons (Fsp3) is 0.412. The van der Waals surface area contributed by atoms with E-state index in [-0.39, 0.29) is 17.3 Å². The molecule has 1 aromatic carbocycles. The number of nitrogens with zero attached hydrogens (tertiary/aromatic N) is 5. The van der Waals surface area contributed by atoms with E-state index >= 15 is 0 Å². The minimum atomic E-state index is -0.453. The molecule has 1 aromatic heterocycles. The minimum absolute atomic E-state index is 0.160. The number of aromatic nitrogens is 2. The van der Waals surface area contributed by atoms with Crippen molar-refractivity contribution >= 4 is 23.0 Å². The number of anilines is 3. The zero-order valence-electron chi connectivity index (χ0n) is 15.2. The molecule has 0 radical (unpaired) electrons. The van der Waals surface area contributed by atoms with Crippen molar-refractivity contribution in [3.05, 3.63) is 45.8 Å². The second kappa shape index (κ2) is 7.63. The van der Waals surface area contributed by atoms with Gasteiger partial charge in [-0.05, 0) is 38.1 Å². The molecule has 2 heterocycles. The van der Waals surface area contributed by atoms with Crippen LogP contribution in [-0.2, 0) is 0 Å². The lowest BCUT2D eigenvalue weighted by Crippen LogP contribution is -2.47. The first kappa shape index (κ1) is 18.0. The number of rotatable bonds is 5. The number of hydrogen-bond acceptors (Lipinski definition) is 8. The lowest BCUT2D eigenvalue weighted by molar-refractivity contribution is -0.383. The highest BCUT2D eigenvalue weighted by Gasteiger charge is 2.25. The number of aryl methyl sites for hydroxylation is 1. The van der Waals surface area contributed by atoms with E-state index in [9.17, 15) is 10.1 Å². The van der Waals surface area contributed by atoms with E-state index in [2.05, 4.69) is 32.7 Å². The third kappa shape index (κ3) is 3.89. The van der Waals surface area contributed by atoms with Crippen molar-refractivity contribution in [2.24, 2.45) is 0 Å². The highest BCUT2D eigenvalue weighted by atomic mass is 16.6. The molecule has 2 N–H and O–H groups in total. The Morgan fingerprint density at radius 2 is 1.81 bits per heavy atom. The van der Waals surface area contributed by atoms with Crippen LogP contribution in [0.1, 0.15) is 11.1 Å². The molecule has 0 bridgehead atoms. The average Bonchev–Trinajstić information content (AvgIpc) is 2.61. The van der Waals surface area contributed by atoms with Crippen LogP contribution < -0.4 is 10.7 Å². The van der Waals surface area contributed by atoms with Crippen molar-refractivity contribution in [2.75, 3.05) is 44.0 Å². The van der Waals surface area contributed by atoms with E-state index in [1.54, 1.807) is 0 Å². The summed E-state index contributed by atoms with van der Waals surface area (Å²) in [5.41, 5.74) is 5.83. The lowest BCUT2D eigenvalue weighted by atomic mass is 10.1. The van der Waals surface area contributed by atoms with Gasteiger partial charge in [0, 0.05) is 31.9 Å². The molecule has 0 unspecified atom stereocenters. The molecule has 1 saturated heterocycles. The molecular weight excluding hydrogens is 334 g/mol. The number of piperazine rings is 1. The molecule has 1 fully saturated rings. The summed E-state index contributed by atoms with van der Waals surface area (Å²) >= 11 is 0. The average molecular weight is 357 g/mol. The summed E-state index contributed by atoms with van der Waals surface area (Å²) in [6.07, 6.45) is 1.33. The Hall–Kier alpha value is -2.78. The molecule has 2 aromatic rings. The zero-order chi connectivity index (χ0) is 18.7. The molecule has 9 nitrogen and oxygen atoms in total. The lowest BCUT2D eigenvalue weighted by Gasteiger charge is -2.32. The van der Waals surface area contributed by atoms with Gasteiger partial charge in [-0.25, -0.2) is 15.0 Å². The first-order valence-corrected chi connectivity index (χ1v) is 8.48. The van der Waals surface area contributed by atoms with Gasteiger partial charge in [0.15, 0.2) is 0 Å². The number of likely N-dealkylation sites (N-methyl/N-ethyl adjacent to an activating group) is 1. The largest absolute Gasteiger partial charge is 0.354 e. The maximum atomic E-state index is 11.7. The van der Waals surface area contributed by atoms with Gasteiger partial charge in [-0.3, -0.25) is 15.5 Å². The van der Waals surface area contributed by atoms with E-state index in [4.69, 9.17) is 0 Å². The summed E-state index contributed by atoms with van der Waals surface area (Å²) in [5.74, 6) is 0.373. The van der Waals surface area contributed by atoms with Crippen LogP contribution in [0.15, 0.2) is 24.5 Å². The molecule has 0 amide bonds. The molecule has 0 saturated carbocycles. The summed E-state index contributed by atoms with van der Waals surface area (Å²) in [6, 6.07) is 5.78. The maximum absolute atomic E-state index is 11.7. The fourth-order valence-corrected chi connectivity index (χ4v) is 2.81. The van der Waals surface area contributed by atoms with Crippen LogP contribution in [0, 0.1) is 24.0 Å². The molecule has 0 spiro atoms. The first-order chi connectivity index (χ1) is 12.5. The predicted molar refractivity (Wildman–Crippen MR) is 101 cm³/mol. The van der Waals surface area contributed by atoms with E-state index < -0.39 is 4.92 Å². The quantitative estimate of drug-likeness (QED) is 0.621. The third-order valence-electron chi connectivity index (χ3n) is 4.63. The maximum Gasteiger partial charge on any atom is 0.354 e. The minimum Gasteiger partial charge on any atom is -0.334 e. The number of benzene rings is 1. The highest BCUT2D eigenvalue weighted by molar-refractivity contribution is 5.74. The number of hydrazine groups is 1.